The van der Waals surface area contributed by atoms with E-state index in [0.29, 0.717) is 41.4 Å². The Bertz CT molecular complexity index is 1760. The van der Waals surface area contributed by atoms with Crippen LogP contribution in [0.3, 0.4) is 0 Å². The molecule has 0 bridgehead atoms. The molecule has 1 fully saturated rings. The summed E-state index contributed by atoms with van der Waals surface area (Å²) < 4.78 is 44.6. The van der Waals surface area contributed by atoms with Gasteiger partial charge in [-0.25, -0.2) is 22.5 Å². The second-order valence-electron chi connectivity index (χ2n) is 12.6. The molecule has 11 nitrogen and oxygen atoms in total. The first-order chi connectivity index (χ1) is 21.9. The summed E-state index contributed by atoms with van der Waals surface area (Å²) in [4.78, 5) is 22.3. The first-order valence-electron chi connectivity index (χ1n) is 15.8. The molecular weight excluding hydrogens is 609 g/mol. The number of unbranched alkanes of at least 4 members (excludes halogenated alkanes) is 1. The summed E-state index contributed by atoms with van der Waals surface area (Å²) in [6.07, 6.45) is 6.58. The van der Waals surface area contributed by atoms with Crippen molar-refractivity contribution in [3.05, 3.63) is 60.5 Å². The molecule has 246 valence electrons. The molecule has 1 atom stereocenters. The van der Waals surface area contributed by atoms with E-state index in [-0.39, 0.29) is 16.9 Å². The van der Waals surface area contributed by atoms with Gasteiger partial charge in [0.25, 0.3) is 0 Å². The van der Waals surface area contributed by atoms with E-state index in [0.717, 1.165) is 37.6 Å². The molecular formula is C33H42FN7O4S. The number of aliphatic hydroxyl groups is 1. The lowest BCUT2D eigenvalue weighted by molar-refractivity contribution is -0.118. The smallest absolute Gasteiger partial charge is 0.242 e. The van der Waals surface area contributed by atoms with Crippen LogP contribution in [0.15, 0.2) is 59.6 Å². The van der Waals surface area contributed by atoms with Crippen molar-refractivity contribution in [2.45, 2.75) is 88.8 Å². The van der Waals surface area contributed by atoms with Gasteiger partial charge in [0.1, 0.15) is 17.6 Å². The molecule has 0 spiro atoms. The number of nitrogens with one attached hydrogen (secondary N) is 3. The van der Waals surface area contributed by atoms with Crippen molar-refractivity contribution in [1.82, 2.24) is 24.5 Å². The highest BCUT2D eigenvalue weighted by molar-refractivity contribution is 7.89. The monoisotopic (exact) mass is 651 g/mol. The Hall–Kier alpha value is -3.94. The van der Waals surface area contributed by atoms with Crippen LogP contribution in [0, 0.1) is 11.7 Å². The van der Waals surface area contributed by atoms with Crippen LogP contribution in [-0.2, 0) is 14.8 Å². The largest absolute Gasteiger partial charge is 0.390 e. The van der Waals surface area contributed by atoms with Gasteiger partial charge in [0.2, 0.25) is 21.9 Å². The van der Waals surface area contributed by atoms with Gasteiger partial charge < -0.3 is 15.7 Å². The molecule has 4 aromatic rings. The zero-order valence-corrected chi connectivity index (χ0v) is 27.4. The highest BCUT2D eigenvalue weighted by Gasteiger charge is 2.32. The molecule has 1 aliphatic rings. The van der Waals surface area contributed by atoms with Crippen LogP contribution in [0.2, 0.25) is 0 Å². The zero-order chi connectivity index (χ0) is 33.1. The molecule has 0 radical (unpaired) electrons. The first kappa shape index (κ1) is 33.4. The SMILES string of the molecule is CCCCNc1ncc2c(-c3ccc(S(=O)(=O)NC(C(=O)Nc4ccc(F)cc4)C(C)C)cc3)nn(C3CCC(C)(O)CC3)c2n1. The number of benzene rings is 2. The molecule has 1 unspecified atom stereocenters. The maximum absolute atomic E-state index is 13.4. The Morgan fingerprint density at radius 3 is 2.41 bits per heavy atom. The fraction of sp³-hybridized carbons (Fsp3) is 0.455. The minimum atomic E-state index is -4.08. The maximum atomic E-state index is 13.4. The summed E-state index contributed by atoms with van der Waals surface area (Å²) in [7, 11) is -4.08. The van der Waals surface area contributed by atoms with Crippen LogP contribution >= 0.6 is 0 Å². The van der Waals surface area contributed by atoms with E-state index in [2.05, 4.69) is 27.3 Å². The molecule has 2 aromatic carbocycles. The van der Waals surface area contributed by atoms with Gasteiger partial charge in [0.15, 0.2) is 5.65 Å². The van der Waals surface area contributed by atoms with E-state index in [4.69, 9.17) is 10.1 Å². The minimum absolute atomic E-state index is 0.00612. The highest BCUT2D eigenvalue weighted by Crippen LogP contribution is 2.38. The normalized spacial score (nSPS) is 19.3. The number of carbonyl (C=O) groups excluding carboxylic acids is 1. The maximum Gasteiger partial charge on any atom is 0.242 e. The number of carbonyl (C=O) groups is 1. The number of fused-ring (bicyclic) bond motifs is 1. The van der Waals surface area contributed by atoms with Crippen molar-refractivity contribution < 1.29 is 22.7 Å². The van der Waals surface area contributed by atoms with Crippen molar-refractivity contribution in [2.75, 3.05) is 17.2 Å². The molecule has 1 amide bonds. The predicted molar refractivity (Wildman–Crippen MR) is 176 cm³/mol. The average molecular weight is 652 g/mol. The number of nitrogens with zero attached hydrogens (tertiary/aromatic N) is 4. The molecule has 1 saturated carbocycles. The molecule has 46 heavy (non-hydrogen) atoms. The molecule has 4 N–H and O–H groups in total. The Balaban J connectivity index is 1.40. The summed E-state index contributed by atoms with van der Waals surface area (Å²) in [5, 5.41) is 22.2. The Morgan fingerprint density at radius 1 is 1.11 bits per heavy atom. The van der Waals surface area contributed by atoms with Crippen molar-refractivity contribution in [1.29, 1.82) is 0 Å². The van der Waals surface area contributed by atoms with Crippen LogP contribution in [0.5, 0.6) is 0 Å². The number of amides is 1. The number of halogens is 1. The van der Waals surface area contributed by atoms with Crippen LogP contribution < -0.4 is 15.4 Å². The van der Waals surface area contributed by atoms with Gasteiger partial charge >= 0.3 is 0 Å². The lowest BCUT2D eigenvalue weighted by Crippen LogP contribution is -2.47. The zero-order valence-electron chi connectivity index (χ0n) is 26.6. The standard InChI is InChI=1S/C33H42FN7O4S/c1-5-6-19-35-32-36-20-27-29(39-41(30(27)38-32)25-15-17-33(4,43)18-16-25)22-7-13-26(14-8-22)46(44,45)40-28(21(2)3)31(42)37-24-11-9-23(34)10-12-24/h7-14,20-21,25,28,40,43H,5-6,15-19H2,1-4H3,(H,37,42)(H,35,36,38). The Kier molecular flexibility index (Phi) is 10.0. The van der Waals surface area contributed by atoms with Crippen LogP contribution in [-0.4, -0.2) is 57.4 Å². The summed E-state index contributed by atoms with van der Waals surface area (Å²) >= 11 is 0. The van der Waals surface area contributed by atoms with Crippen LogP contribution in [0.1, 0.15) is 72.3 Å². The van der Waals surface area contributed by atoms with Crippen molar-refractivity contribution >= 4 is 38.6 Å². The second-order valence-corrected chi connectivity index (χ2v) is 14.3. The summed E-state index contributed by atoms with van der Waals surface area (Å²) in [6.45, 7) is 8.21. The molecule has 0 aliphatic heterocycles. The van der Waals surface area contributed by atoms with Gasteiger partial charge in [-0.05, 0) is 81.3 Å². The number of rotatable bonds is 12. The van der Waals surface area contributed by atoms with E-state index < -0.39 is 33.4 Å². The fourth-order valence-electron chi connectivity index (χ4n) is 5.60. The van der Waals surface area contributed by atoms with Crippen LogP contribution in [0.4, 0.5) is 16.0 Å². The van der Waals surface area contributed by atoms with Crippen molar-refractivity contribution in [3.63, 3.8) is 0 Å². The number of hydrogen-bond donors (Lipinski definition) is 4. The number of hydrogen-bond acceptors (Lipinski definition) is 8. The number of aromatic nitrogens is 4. The average Bonchev–Trinajstić information content (AvgIpc) is 3.40. The van der Waals surface area contributed by atoms with Gasteiger partial charge in [-0.1, -0.05) is 39.3 Å². The summed E-state index contributed by atoms with van der Waals surface area (Å²) in [5.41, 5.74) is 1.66. The second kappa shape index (κ2) is 13.8. The van der Waals surface area contributed by atoms with Crippen molar-refractivity contribution in [2.24, 2.45) is 5.92 Å². The topological polar surface area (TPSA) is 151 Å². The molecule has 5 rings (SSSR count). The van der Waals surface area contributed by atoms with E-state index in [1.807, 2.05) is 11.6 Å². The van der Waals surface area contributed by atoms with E-state index in [1.165, 1.54) is 36.4 Å². The third-order valence-corrected chi connectivity index (χ3v) is 9.88. The molecule has 2 aromatic heterocycles. The van der Waals surface area contributed by atoms with E-state index >= 15 is 0 Å². The van der Waals surface area contributed by atoms with Crippen molar-refractivity contribution in [3.8, 4) is 11.3 Å². The van der Waals surface area contributed by atoms with E-state index in [9.17, 15) is 22.7 Å². The number of anilines is 2. The van der Waals surface area contributed by atoms with E-state index in [1.54, 1.807) is 32.2 Å². The molecule has 0 saturated heterocycles. The van der Waals surface area contributed by atoms with Gasteiger partial charge in [0, 0.05) is 24.0 Å². The lowest BCUT2D eigenvalue weighted by atomic mass is 9.84. The van der Waals surface area contributed by atoms with Gasteiger partial charge in [-0.3, -0.25) is 4.79 Å². The Labute approximate surface area is 269 Å². The summed E-state index contributed by atoms with van der Waals surface area (Å²) in [6, 6.07) is 10.6. The van der Waals surface area contributed by atoms with Gasteiger partial charge in [0.05, 0.1) is 21.9 Å². The van der Waals surface area contributed by atoms with Gasteiger partial charge in [-0.15, -0.1) is 0 Å². The predicted octanol–water partition coefficient (Wildman–Crippen LogP) is 5.65. The summed E-state index contributed by atoms with van der Waals surface area (Å²) in [5.74, 6) is -0.837. The molecule has 13 heteroatoms. The fourth-order valence-corrected chi connectivity index (χ4v) is 6.94. The van der Waals surface area contributed by atoms with Crippen LogP contribution in [0.25, 0.3) is 22.3 Å². The quantitative estimate of drug-likeness (QED) is 0.144. The minimum Gasteiger partial charge on any atom is -0.390 e. The Morgan fingerprint density at radius 2 is 1.78 bits per heavy atom. The third-order valence-electron chi connectivity index (χ3n) is 8.42. The highest BCUT2D eigenvalue weighted by atomic mass is 32.2. The molecule has 2 heterocycles. The van der Waals surface area contributed by atoms with Gasteiger partial charge in [-0.2, -0.15) is 14.8 Å². The molecule has 1 aliphatic carbocycles. The first-order valence-corrected chi connectivity index (χ1v) is 17.3. The lowest BCUT2D eigenvalue weighted by Gasteiger charge is -2.33. The third kappa shape index (κ3) is 7.71. The number of sulfonamides is 1.